The number of benzene rings is 5. The minimum atomic E-state index is -1.72. The summed E-state index contributed by atoms with van der Waals surface area (Å²) < 4.78 is 16.9. The van der Waals surface area contributed by atoms with Crippen LogP contribution in [0.2, 0.25) is 0 Å². The number of carbonyl (C=O) groups is 9. The molecule has 0 unspecified atom stereocenters. The molecule has 4 aliphatic carbocycles. The van der Waals surface area contributed by atoms with Crippen molar-refractivity contribution in [2.75, 3.05) is 23.8 Å². The lowest BCUT2D eigenvalue weighted by Gasteiger charge is -2.53. The van der Waals surface area contributed by atoms with Crippen molar-refractivity contribution in [2.45, 2.75) is 177 Å². The van der Waals surface area contributed by atoms with Crippen molar-refractivity contribution in [1.29, 1.82) is 0 Å². The number of ether oxygens (including phenoxy) is 3. The molecule has 9 rings (SSSR count). The Labute approximate surface area is 593 Å². The average molecular weight is 1410 g/mol. The Morgan fingerprint density at radius 3 is 1.36 bits per heavy atom. The number of nitrogens with two attached hydrogens (primary N) is 1. The minimum absolute atomic E-state index is 0.00749. The number of carbonyl (C=O) groups excluding carboxylic acids is 9. The SMILES string of the molecule is Cc1ccc(CSC[C@H](NC(=O)[C@H](CSCc2ccc(C)cc2)NC(=O)[C@@H](NC(=O)[C@H](CSCc2ccc(C)cc2)NC(=O)[C@H](CCCCNC(=O)OCc2ccccc2)NC(=O)[C@@H](N)CC(=O)OC2C3CC4CC(C3)CC2C4)[C@@H](C)O)C(=O)N[C@@H](C)C(=O)OCc2ccccc2)cc1. The standard InChI is InChI=1S/C75H96N8O13S3/c1-46-19-25-53(26-20-46)40-97-43-62(70(88)78-49(4)74(92)94-38-51-14-8-6-9-15-51)81-71(89)63(44-98-41-54-27-21-47(2)22-28-54)82-73(91)66(50(5)84)83-72(90)64(45-99-42-55-29-23-48(3)24-30-55)80-69(87)61(18-12-13-31-77-75(93)95-39-52-16-10-7-11-17-52)79-68(86)60(76)37-65(85)96-67-58-33-56-32-57(35-58)36-59(67)34-56/h6-11,14-17,19-30,49-50,56-64,66-67,84H,12-13,18,31-45,76H2,1-5H3,(H,77,93)(H,78,88)(H,79,86)(H,80,87)(H,81,89)(H,82,91)(H,83,90)/t49-,50+,56?,57?,58?,59?,60-,61-,62-,63-,64-,66-,67?/m0/s1. The summed E-state index contributed by atoms with van der Waals surface area (Å²) in [6.45, 7) is 8.83. The summed E-state index contributed by atoms with van der Waals surface area (Å²) in [5, 5.41) is 30.6. The molecule has 532 valence electrons. The van der Waals surface area contributed by atoms with Crippen LogP contribution in [0.25, 0.3) is 0 Å². The minimum Gasteiger partial charge on any atom is -0.462 e. The number of aliphatic hydroxyl groups excluding tert-OH is 1. The molecule has 10 N–H and O–H groups in total. The van der Waals surface area contributed by atoms with Gasteiger partial charge in [0.05, 0.1) is 18.6 Å². The number of esters is 2. The number of amides is 7. The fourth-order valence-corrected chi connectivity index (χ4v) is 15.8. The van der Waals surface area contributed by atoms with Gasteiger partial charge in [0.2, 0.25) is 35.4 Å². The van der Waals surface area contributed by atoms with Crippen molar-refractivity contribution in [3.63, 3.8) is 0 Å². The highest BCUT2D eigenvalue weighted by Crippen LogP contribution is 2.54. The van der Waals surface area contributed by atoms with E-state index in [9.17, 15) is 48.3 Å². The van der Waals surface area contributed by atoms with E-state index in [4.69, 9.17) is 19.9 Å². The van der Waals surface area contributed by atoms with E-state index in [0.29, 0.717) is 35.5 Å². The van der Waals surface area contributed by atoms with Gasteiger partial charge in [0.1, 0.15) is 55.6 Å². The van der Waals surface area contributed by atoms with E-state index in [1.165, 1.54) is 55.6 Å². The maximum atomic E-state index is 14.9. The highest BCUT2D eigenvalue weighted by molar-refractivity contribution is 7.99. The van der Waals surface area contributed by atoms with Crippen molar-refractivity contribution < 1.29 is 62.5 Å². The fraction of sp³-hybridized carbons (Fsp3) is 0.480. The van der Waals surface area contributed by atoms with Crippen molar-refractivity contribution >= 4 is 88.8 Å². The van der Waals surface area contributed by atoms with Crippen LogP contribution in [0.4, 0.5) is 4.79 Å². The molecule has 0 heterocycles. The second kappa shape index (κ2) is 39.2. The molecule has 24 heteroatoms. The van der Waals surface area contributed by atoms with Gasteiger partial charge < -0.3 is 62.3 Å². The zero-order valence-electron chi connectivity index (χ0n) is 57.1. The zero-order chi connectivity index (χ0) is 70.8. The number of aryl methyl sites for hydroxylation is 3. The molecule has 0 spiro atoms. The summed E-state index contributed by atoms with van der Waals surface area (Å²) in [4.78, 5) is 127. The van der Waals surface area contributed by atoms with E-state index in [2.05, 4.69) is 37.2 Å². The van der Waals surface area contributed by atoms with Gasteiger partial charge in [-0.15, -0.1) is 0 Å². The Morgan fingerprint density at radius 2 is 0.899 bits per heavy atom. The van der Waals surface area contributed by atoms with Gasteiger partial charge in [-0.05, 0) is 137 Å². The number of thioether (sulfide) groups is 3. The molecule has 4 aliphatic rings. The van der Waals surface area contributed by atoms with Crippen LogP contribution in [0.3, 0.4) is 0 Å². The molecule has 0 saturated heterocycles. The number of rotatable bonds is 38. The number of aliphatic hydroxyl groups is 1. The molecule has 99 heavy (non-hydrogen) atoms. The lowest BCUT2D eigenvalue weighted by molar-refractivity contribution is -0.171. The molecule has 0 aliphatic heterocycles. The Balaban J connectivity index is 0.977. The number of nitrogens with one attached hydrogen (secondary N) is 7. The molecule has 7 amide bonds. The van der Waals surface area contributed by atoms with Crippen LogP contribution in [0.5, 0.6) is 0 Å². The molecule has 4 bridgehead atoms. The second-order valence-electron chi connectivity index (χ2n) is 26.5. The number of hydrogen-bond acceptors (Lipinski definition) is 17. The van der Waals surface area contributed by atoms with Crippen molar-refractivity contribution in [1.82, 2.24) is 37.2 Å². The Bertz CT molecular complexity index is 3440. The third-order valence-electron chi connectivity index (χ3n) is 18.1. The summed E-state index contributed by atoms with van der Waals surface area (Å²) in [7, 11) is 0. The van der Waals surface area contributed by atoms with Crippen LogP contribution >= 0.6 is 35.3 Å². The monoisotopic (exact) mass is 1410 g/mol. The number of hydrogen-bond donors (Lipinski definition) is 9. The predicted molar refractivity (Wildman–Crippen MR) is 385 cm³/mol. The Hall–Kier alpha value is -7.90. The van der Waals surface area contributed by atoms with Crippen molar-refractivity contribution in [2.24, 2.45) is 29.4 Å². The zero-order valence-corrected chi connectivity index (χ0v) is 59.5. The average Bonchev–Trinajstić information content (AvgIpc) is 0.763. The van der Waals surface area contributed by atoms with Gasteiger partial charge in [0, 0.05) is 41.1 Å². The smallest absolute Gasteiger partial charge is 0.407 e. The molecular formula is C75H96N8O13S3. The maximum absolute atomic E-state index is 14.9. The normalized spacial score (nSPS) is 19.0. The molecule has 4 fully saturated rings. The van der Waals surface area contributed by atoms with Crippen molar-refractivity contribution in [3.8, 4) is 0 Å². The van der Waals surface area contributed by atoms with Crippen molar-refractivity contribution in [3.05, 3.63) is 178 Å². The van der Waals surface area contributed by atoms with Gasteiger partial charge in [-0.25, -0.2) is 9.59 Å². The highest BCUT2D eigenvalue weighted by Gasteiger charge is 2.50. The number of unbranched alkanes of at least 4 members (excludes halogenated alkanes) is 1. The van der Waals surface area contributed by atoms with Crippen LogP contribution in [0.15, 0.2) is 133 Å². The van der Waals surface area contributed by atoms with Gasteiger partial charge in [-0.3, -0.25) is 33.6 Å². The molecule has 4 saturated carbocycles. The van der Waals surface area contributed by atoms with Crippen LogP contribution in [-0.4, -0.2) is 137 Å². The first-order chi connectivity index (χ1) is 47.6. The van der Waals surface area contributed by atoms with E-state index < -0.39 is 108 Å². The lowest BCUT2D eigenvalue weighted by Crippen LogP contribution is -2.62. The van der Waals surface area contributed by atoms with E-state index in [1.54, 1.807) is 12.1 Å². The summed E-state index contributed by atoms with van der Waals surface area (Å²) in [5.41, 5.74) is 14.0. The first-order valence-corrected chi connectivity index (χ1v) is 37.6. The Kier molecular flexibility index (Phi) is 30.4. The van der Waals surface area contributed by atoms with Crippen LogP contribution in [0.1, 0.15) is 116 Å². The van der Waals surface area contributed by atoms with Crippen LogP contribution in [0, 0.1) is 44.4 Å². The predicted octanol–water partition coefficient (Wildman–Crippen LogP) is 7.95. The first-order valence-electron chi connectivity index (χ1n) is 34.1. The van der Waals surface area contributed by atoms with E-state index in [0.717, 1.165) is 70.2 Å². The van der Waals surface area contributed by atoms with E-state index >= 15 is 0 Å². The van der Waals surface area contributed by atoms with Gasteiger partial charge in [0.15, 0.2) is 0 Å². The maximum Gasteiger partial charge on any atom is 0.407 e. The third kappa shape index (κ3) is 25.3. The molecule has 8 atom stereocenters. The molecular weight excluding hydrogens is 1320 g/mol. The molecule has 5 aromatic rings. The fourth-order valence-electron chi connectivity index (χ4n) is 12.7. The topological polar surface area (TPSA) is 312 Å². The summed E-state index contributed by atoms with van der Waals surface area (Å²) in [5.74, 6) is -3.13. The molecule has 5 aromatic carbocycles. The first kappa shape index (κ1) is 76.8. The van der Waals surface area contributed by atoms with Gasteiger partial charge >= 0.3 is 18.0 Å². The summed E-state index contributed by atoms with van der Waals surface area (Å²) in [6, 6.07) is 32.1. The van der Waals surface area contributed by atoms with Gasteiger partial charge in [-0.1, -0.05) is 150 Å². The second-order valence-corrected chi connectivity index (χ2v) is 29.6. The number of alkyl carbamates (subject to hydrolysis) is 1. The highest BCUT2D eigenvalue weighted by atomic mass is 32.2. The Morgan fingerprint density at radius 1 is 0.485 bits per heavy atom. The largest absolute Gasteiger partial charge is 0.462 e. The van der Waals surface area contributed by atoms with Crippen LogP contribution < -0.4 is 43.0 Å². The quantitative estimate of drug-likeness (QED) is 0.0103. The van der Waals surface area contributed by atoms with Crippen LogP contribution in [-0.2, 0) is 83.0 Å². The van der Waals surface area contributed by atoms with E-state index in [1.807, 2.05) is 142 Å². The van der Waals surface area contributed by atoms with E-state index in [-0.39, 0.29) is 67.8 Å². The van der Waals surface area contributed by atoms with Gasteiger partial charge in [0.25, 0.3) is 0 Å². The molecule has 0 aromatic heterocycles. The third-order valence-corrected chi connectivity index (χ3v) is 21.4. The lowest BCUT2D eigenvalue weighted by atomic mass is 9.55. The molecule has 0 radical (unpaired) electrons. The summed E-state index contributed by atoms with van der Waals surface area (Å²) >= 11 is 3.99. The summed E-state index contributed by atoms with van der Waals surface area (Å²) in [6.07, 6.45) is 2.98. The molecule has 21 nitrogen and oxygen atoms in total. The van der Waals surface area contributed by atoms with Gasteiger partial charge in [-0.2, -0.15) is 35.3 Å².